The zero-order valence-corrected chi connectivity index (χ0v) is 16.9. The van der Waals surface area contributed by atoms with Gasteiger partial charge in [0, 0.05) is 38.8 Å². The number of benzene rings is 1. The van der Waals surface area contributed by atoms with E-state index < -0.39 is 0 Å². The van der Waals surface area contributed by atoms with Gasteiger partial charge in [-0.05, 0) is 25.5 Å². The second-order valence-electron chi connectivity index (χ2n) is 6.91. The van der Waals surface area contributed by atoms with Crippen molar-refractivity contribution in [1.82, 2.24) is 15.3 Å². The lowest BCUT2D eigenvalue weighted by molar-refractivity contribution is 0.0947. The first-order chi connectivity index (χ1) is 13.6. The highest BCUT2D eigenvalue weighted by molar-refractivity contribution is 5.92. The predicted molar refractivity (Wildman–Crippen MR) is 111 cm³/mol. The van der Waals surface area contributed by atoms with Gasteiger partial charge in [-0.25, -0.2) is 9.97 Å². The Hall–Kier alpha value is -2.83. The molecule has 150 valence electrons. The summed E-state index contributed by atoms with van der Waals surface area (Å²) in [5, 5.41) is 2.93. The van der Waals surface area contributed by atoms with Gasteiger partial charge in [0.15, 0.2) is 0 Å². The summed E-state index contributed by atoms with van der Waals surface area (Å²) in [6.45, 7) is 7.98. The molecule has 2 heterocycles. The minimum absolute atomic E-state index is 0.132. The van der Waals surface area contributed by atoms with Gasteiger partial charge in [0.1, 0.15) is 23.1 Å². The normalized spacial score (nSPS) is 14.1. The van der Waals surface area contributed by atoms with E-state index >= 15 is 0 Å². The molecule has 1 aliphatic rings. The van der Waals surface area contributed by atoms with Crippen LogP contribution < -0.4 is 19.9 Å². The third-order valence-electron chi connectivity index (χ3n) is 4.90. The van der Waals surface area contributed by atoms with E-state index in [4.69, 9.17) is 4.74 Å². The first kappa shape index (κ1) is 19.9. The number of carbonyl (C=O) groups is 1. The van der Waals surface area contributed by atoms with E-state index in [0.29, 0.717) is 18.1 Å². The van der Waals surface area contributed by atoms with Crippen LogP contribution in [0.2, 0.25) is 0 Å². The van der Waals surface area contributed by atoms with Crippen molar-refractivity contribution in [2.45, 2.75) is 26.7 Å². The van der Waals surface area contributed by atoms with Gasteiger partial charge < -0.3 is 19.9 Å². The Kier molecular flexibility index (Phi) is 6.68. The van der Waals surface area contributed by atoms with Gasteiger partial charge in [-0.1, -0.05) is 25.5 Å². The zero-order chi connectivity index (χ0) is 19.9. The first-order valence-electron chi connectivity index (χ1n) is 9.89. The molecule has 0 radical (unpaired) electrons. The van der Waals surface area contributed by atoms with Gasteiger partial charge in [0.2, 0.25) is 0 Å². The van der Waals surface area contributed by atoms with Gasteiger partial charge in [-0.2, -0.15) is 0 Å². The smallest absolute Gasteiger partial charge is 0.270 e. The van der Waals surface area contributed by atoms with Crippen LogP contribution in [0.1, 0.15) is 36.1 Å². The Bertz CT molecular complexity index is 803. The largest absolute Gasteiger partial charge is 0.495 e. The number of piperazine rings is 1. The van der Waals surface area contributed by atoms with Crippen molar-refractivity contribution in [1.29, 1.82) is 0 Å². The van der Waals surface area contributed by atoms with Crippen molar-refractivity contribution >= 4 is 17.4 Å². The summed E-state index contributed by atoms with van der Waals surface area (Å²) in [7, 11) is 1.70. The number of amides is 1. The minimum atomic E-state index is -0.132. The van der Waals surface area contributed by atoms with Crippen LogP contribution in [0.15, 0.2) is 30.3 Å². The van der Waals surface area contributed by atoms with E-state index in [1.54, 1.807) is 13.2 Å². The molecule has 1 aromatic carbocycles. The summed E-state index contributed by atoms with van der Waals surface area (Å²) < 4.78 is 5.49. The molecule has 1 amide bonds. The maximum absolute atomic E-state index is 12.4. The molecular weight excluding hydrogens is 354 g/mol. The lowest BCUT2D eigenvalue weighted by atomic mass is 10.2. The number of anilines is 2. The Balaban J connectivity index is 1.68. The molecule has 1 fully saturated rings. The Morgan fingerprint density at radius 1 is 1.14 bits per heavy atom. The molecule has 0 unspecified atom stereocenters. The van der Waals surface area contributed by atoms with E-state index in [9.17, 15) is 4.79 Å². The molecule has 1 saturated heterocycles. The number of unbranched alkanes of at least 4 members (excludes halogenated alkanes) is 1. The van der Waals surface area contributed by atoms with Crippen LogP contribution in [-0.4, -0.2) is 55.7 Å². The summed E-state index contributed by atoms with van der Waals surface area (Å²) in [5.41, 5.74) is 1.55. The maximum atomic E-state index is 12.4. The van der Waals surface area contributed by atoms with Crippen molar-refractivity contribution in [3.05, 3.63) is 41.9 Å². The van der Waals surface area contributed by atoms with E-state index in [2.05, 4.69) is 38.1 Å². The fourth-order valence-corrected chi connectivity index (χ4v) is 3.37. The fraction of sp³-hybridized carbons (Fsp3) is 0.476. The number of para-hydroxylation sites is 2. The predicted octanol–water partition coefficient (Wildman–Crippen LogP) is 2.65. The van der Waals surface area contributed by atoms with E-state index in [1.165, 1.54) is 0 Å². The van der Waals surface area contributed by atoms with Gasteiger partial charge in [0.25, 0.3) is 5.91 Å². The number of nitrogens with one attached hydrogen (secondary N) is 1. The zero-order valence-electron chi connectivity index (χ0n) is 16.9. The lowest BCUT2D eigenvalue weighted by Gasteiger charge is -2.37. The maximum Gasteiger partial charge on any atom is 0.270 e. The van der Waals surface area contributed by atoms with Crippen LogP contribution in [-0.2, 0) is 0 Å². The van der Waals surface area contributed by atoms with Crippen LogP contribution in [0.3, 0.4) is 0 Å². The molecule has 3 rings (SSSR count). The topological polar surface area (TPSA) is 70.6 Å². The molecule has 2 aromatic rings. The monoisotopic (exact) mass is 383 g/mol. The second kappa shape index (κ2) is 9.39. The molecule has 0 bridgehead atoms. The van der Waals surface area contributed by atoms with Gasteiger partial charge in [-0.15, -0.1) is 0 Å². The number of ether oxygens (including phenoxy) is 1. The molecule has 0 aliphatic carbocycles. The highest BCUT2D eigenvalue weighted by atomic mass is 16.5. The van der Waals surface area contributed by atoms with Crippen molar-refractivity contribution < 1.29 is 9.53 Å². The van der Waals surface area contributed by atoms with Crippen molar-refractivity contribution in [2.24, 2.45) is 0 Å². The van der Waals surface area contributed by atoms with Gasteiger partial charge >= 0.3 is 0 Å². The average molecular weight is 383 g/mol. The van der Waals surface area contributed by atoms with Crippen LogP contribution in [0.25, 0.3) is 0 Å². The summed E-state index contributed by atoms with van der Waals surface area (Å²) in [5.74, 6) is 2.19. The van der Waals surface area contributed by atoms with Crippen molar-refractivity contribution in [3.8, 4) is 5.75 Å². The number of methoxy groups -OCH3 is 1. The highest BCUT2D eigenvalue weighted by Crippen LogP contribution is 2.29. The Morgan fingerprint density at radius 3 is 2.57 bits per heavy atom. The SMILES string of the molecule is CCCCNC(=O)c1cc(N2CCN(c3ccccc3OC)CC2)nc(C)n1. The van der Waals surface area contributed by atoms with E-state index in [0.717, 1.165) is 56.3 Å². The van der Waals surface area contributed by atoms with Crippen LogP contribution >= 0.6 is 0 Å². The molecule has 7 heteroatoms. The standard InChI is InChI=1S/C21H29N5O2/c1-4-5-10-22-21(27)17-15-20(24-16(2)23-17)26-13-11-25(12-14-26)18-8-6-7-9-19(18)28-3/h6-9,15H,4-5,10-14H2,1-3H3,(H,22,27). The lowest BCUT2D eigenvalue weighted by Crippen LogP contribution is -2.47. The molecule has 7 nitrogen and oxygen atoms in total. The molecule has 28 heavy (non-hydrogen) atoms. The third-order valence-corrected chi connectivity index (χ3v) is 4.90. The quantitative estimate of drug-likeness (QED) is 0.741. The van der Waals surface area contributed by atoms with Crippen LogP contribution in [0.4, 0.5) is 11.5 Å². The Morgan fingerprint density at radius 2 is 1.86 bits per heavy atom. The third kappa shape index (κ3) is 4.71. The fourth-order valence-electron chi connectivity index (χ4n) is 3.37. The molecule has 1 aromatic heterocycles. The van der Waals surface area contributed by atoms with Crippen LogP contribution in [0, 0.1) is 6.92 Å². The number of aromatic nitrogens is 2. The number of hydrogen-bond acceptors (Lipinski definition) is 6. The van der Waals surface area contributed by atoms with Crippen molar-refractivity contribution in [2.75, 3.05) is 49.6 Å². The van der Waals surface area contributed by atoms with E-state index in [1.807, 2.05) is 25.1 Å². The molecular formula is C21H29N5O2. The molecule has 0 atom stereocenters. The summed E-state index contributed by atoms with van der Waals surface area (Å²) in [6, 6.07) is 9.88. The van der Waals surface area contributed by atoms with Gasteiger partial charge in [0.05, 0.1) is 12.8 Å². The number of carbonyl (C=O) groups excluding carboxylic acids is 1. The van der Waals surface area contributed by atoms with E-state index in [-0.39, 0.29) is 5.91 Å². The number of nitrogens with zero attached hydrogens (tertiary/aromatic N) is 4. The average Bonchev–Trinajstić information content (AvgIpc) is 2.73. The highest BCUT2D eigenvalue weighted by Gasteiger charge is 2.22. The number of hydrogen-bond donors (Lipinski definition) is 1. The van der Waals surface area contributed by atoms with Gasteiger partial charge in [-0.3, -0.25) is 4.79 Å². The van der Waals surface area contributed by atoms with Crippen LogP contribution in [0.5, 0.6) is 5.75 Å². The number of aryl methyl sites for hydroxylation is 1. The first-order valence-corrected chi connectivity index (χ1v) is 9.89. The summed E-state index contributed by atoms with van der Waals surface area (Å²) in [6.07, 6.45) is 2.01. The molecule has 1 N–H and O–H groups in total. The minimum Gasteiger partial charge on any atom is -0.495 e. The summed E-state index contributed by atoms with van der Waals surface area (Å²) >= 11 is 0. The summed E-state index contributed by atoms with van der Waals surface area (Å²) in [4.78, 5) is 25.8. The molecule has 1 aliphatic heterocycles. The van der Waals surface area contributed by atoms with Crippen molar-refractivity contribution in [3.63, 3.8) is 0 Å². The Labute approximate surface area is 166 Å². The number of rotatable bonds is 7. The molecule has 0 spiro atoms. The second-order valence-corrected chi connectivity index (χ2v) is 6.91. The molecule has 0 saturated carbocycles.